The molecule has 2 heterocycles. The van der Waals surface area contributed by atoms with Crippen LogP contribution in [0.1, 0.15) is 5.56 Å². The minimum atomic E-state index is -0.482. The summed E-state index contributed by atoms with van der Waals surface area (Å²) in [6, 6.07) is 9.33. The lowest BCUT2D eigenvalue weighted by molar-refractivity contribution is 0.709. The molecule has 0 aliphatic rings. The van der Waals surface area contributed by atoms with Gasteiger partial charge in [-0.2, -0.15) is 4.98 Å². The van der Waals surface area contributed by atoms with Gasteiger partial charge in [-0.1, -0.05) is 30.3 Å². The van der Waals surface area contributed by atoms with Gasteiger partial charge >= 0.3 is 5.69 Å². The van der Waals surface area contributed by atoms with Gasteiger partial charge in [-0.25, -0.2) is 9.78 Å². The third-order valence-electron chi connectivity index (χ3n) is 3.31. The molecule has 1 aromatic carbocycles. The van der Waals surface area contributed by atoms with Crippen LogP contribution in [0.15, 0.2) is 46.1 Å². The molecule has 1 N–H and O–H groups in total. The molecule has 0 unspecified atom stereocenters. The predicted octanol–water partition coefficient (Wildman–Crippen LogP) is 0.594. The smallest absolute Gasteiger partial charge is 0.330 e. The van der Waals surface area contributed by atoms with E-state index in [4.69, 9.17) is 0 Å². The highest BCUT2D eigenvalue weighted by molar-refractivity contribution is 5.73. The Morgan fingerprint density at radius 3 is 2.59 bits per heavy atom. The van der Waals surface area contributed by atoms with Gasteiger partial charge in [0, 0.05) is 20.3 Å². The van der Waals surface area contributed by atoms with Crippen LogP contribution in [0.4, 0.5) is 5.95 Å². The van der Waals surface area contributed by atoms with Gasteiger partial charge in [-0.15, -0.1) is 0 Å². The molecule has 112 valence electrons. The summed E-state index contributed by atoms with van der Waals surface area (Å²) in [6.07, 6.45) is 1.44. The van der Waals surface area contributed by atoms with E-state index in [-0.39, 0.29) is 12.2 Å². The van der Waals surface area contributed by atoms with Crippen molar-refractivity contribution in [2.45, 2.75) is 6.54 Å². The molecule has 3 rings (SSSR count). The fraction of sp³-hybridized carbons (Fsp3) is 0.200. The Hall–Kier alpha value is -2.96. The standard InChI is InChI=1S/C15H15N5O2/c1-19(2)14-16-8-11-12(17-14)18-15(22)20(13(11)21)9-10-6-4-3-5-7-10/h3-8H,9H2,1-2H3,(H,16,17,18,22). The predicted molar refractivity (Wildman–Crippen MR) is 84.3 cm³/mol. The average molecular weight is 297 g/mol. The van der Waals surface area contributed by atoms with Crippen molar-refractivity contribution in [1.82, 2.24) is 19.5 Å². The number of nitrogens with zero attached hydrogens (tertiary/aromatic N) is 4. The first-order valence-corrected chi connectivity index (χ1v) is 6.77. The number of aromatic amines is 1. The fourth-order valence-electron chi connectivity index (χ4n) is 2.16. The number of hydrogen-bond acceptors (Lipinski definition) is 5. The second-order valence-corrected chi connectivity index (χ2v) is 5.13. The highest BCUT2D eigenvalue weighted by atomic mass is 16.2. The molecule has 0 bridgehead atoms. The van der Waals surface area contributed by atoms with Crippen LogP contribution in [0.25, 0.3) is 11.0 Å². The van der Waals surface area contributed by atoms with Gasteiger partial charge in [-0.05, 0) is 5.56 Å². The number of rotatable bonds is 3. The SMILES string of the molecule is CN(C)c1ncc2c(=O)n(Cc3ccccc3)c(=O)[nH]c2n1. The Kier molecular flexibility index (Phi) is 3.46. The first-order chi connectivity index (χ1) is 10.6. The number of fused-ring (bicyclic) bond motifs is 1. The Bertz CT molecular complexity index is 928. The molecule has 3 aromatic rings. The highest BCUT2D eigenvalue weighted by Gasteiger charge is 2.11. The Labute approximate surface area is 125 Å². The number of nitrogens with one attached hydrogen (secondary N) is 1. The molecule has 0 saturated heterocycles. The van der Waals surface area contributed by atoms with Crippen molar-refractivity contribution >= 4 is 17.0 Å². The van der Waals surface area contributed by atoms with E-state index in [1.54, 1.807) is 19.0 Å². The second kappa shape index (κ2) is 5.44. The van der Waals surface area contributed by atoms with Crippen molar-refractivity contribution in [2.75, 3.05) is 19.0 Å². The lowest BCUT2D eigenvalue weighted by atomic mass is 10.2. The molecule has 0 amide bonds. The Morgan fingerprint density at radius 1 is 1.18 bits per heavy atom. The third-order valence-corrected chi connectivity index (χ3v) is 3.31. The summed E-state index contributed by atoms with van der Waals surface area (Å²) in [4.78, 5) is 37.3. The normalized spacial score (nSPS) is 10.8. The van der Waals surface area contributed by atoms with E-state index in [0.29, 0.717) is 11.3 Å². The summed E-state index contributed by atoms with van der Waals surface area (Å²) < 4.78 is 1.15. The summed E-state index contributed by atoms with van der Waals surface area (Å²) in [5, 5.41) is 0.293. The Balaban J connectivity index is 2.15. The van der Waals surface area contributed by atoms with E-state index in [9.17, 15) is 9.59 Å². The maximum atomic E-state index is 12.5. The molecular weight excluding hydrogens is 282 g/mol. The van der Waals surface area contributed by atoms with Gasteiger partial charge in [0.15, 0.2) is 5.65 Å². The first-order valence-electron chi connectivity index (χ1n) is 6.77. The number of H-pyrrole nitrogens is 1. The minimum Gasteiger partial charge on any atom is -0.347 e. The van der Waals surface area contributed by atoms with Gasteiger partial charge < -0.3 is 4.90 Å². The fourth-order valence-corrected chi connectivity index (χ4v) is 2.16. The summed E-state index contributed by atoms with van der Waals surface area (Å²) in [7, 11) is 3.58. The van der Waals surface area contributed by atoms with Gasteiger partial charge in [0.2, 0.25) is 5.95 Å². The maximum absolute atomic E-state index is 12.5. The van der Waals surface area contributed by atoms with Crippen LogP contribution in [0.3, 0.4) is 0 Å². The van der Waals surface area contributed by atoms with Crippen LogP contribution in [0.2, 0.25) is 0 Å². The van der Waals surface area contributed by atoms with Gasteiger partial charge in [0.1, 0.15) is 5.39 Å². The largest absolute Gasteiger partial charge is 0.347 e. The number of anilines is 1. The minimum absolute atomic E-state index is 0.209. The molecule has 0 fully saturated rings. The van der Waals surface area contributed by atoms with Crippen LogP contribution in [-0.4, -0.2) is 33.6 Å². The molecular formula is C15H15N5O2. The lowest BCUT2D eigenvalue weighted by Gasteiger charge is -2.10. The van der Waals surface area contributed by atoms with E-state index in [2.05, 4.69) is 15.0 Å². The molecule has 0 saturated carbocycles. The molecule has 2 aromatic heterocycles. The first kappa shape index (κ1) is 14.0. The molecule has 0 aliphatic carbocycles. The summed E-state index contributed by atoms with van der Waals surface area (Å²) in [5.41, 5.74) is 0.246. The van der Waals surface area contributed by atoms with E-state index < -0.39 is 11.2 Å². The van der Waals surface area contributed by atoms with Crippen molar-refractivity contribution < 1.29 is 0 Å². The van der Waals surface area contributed by atoms with Crippen LogP contribution in [0.5, 0.6) is 0 Å². The second-order valence-electron chi connectivity index (χ2n) is 5.13. The number of aromatic nitrogens is 4. The van der Waals surface area contributed by atoms with Crippen molar-refractivity contribution in [1.29, 1.82) is 0 Å². The molecule has 22 heavy (non-hydrogen) atoms. The quantitative estimate of drug-likeness (QED) is 0.765. The summed E-state index contributed by atoms with van der Waals surface area (Å²) in [6.45, 7) is 0.209. The monoisotopic (exact) mass is 297 g/mol. The van der Waals surface area contributed by atoms with Crippen LogP contribution in [0, 0.1) is 0 Å². The van der Waals surface area contributed by atoms with E-state index in [1.165, 1.54) is 6.20 Å². The number of hydrogen-bond donors (Lipinski definition) is 1. The van der Waals surface area contributed by atoms with Crippen molar-refractivity contribution in [2.24, 2.45) is 0 Å². The van der Waals surface area contributed by atoms with E-state index in [0.717, 1.165) is 10.1 Å². The molecule has 7 nitrogen and oxygen atoms in total. The lowest BCUT2D eigenvalue weighted by Crippen LogP contribution is -2.35. The maximum Gasteiger partial charge on any atom is 0.330 e. The number of benzene rings is 1. The zero-order valence-electron chi connectivity index (χ0n) is 12.3. The molecule has 7 heteroatoms. The van der Waals surface area contributed by atoms with Gasteiger partial charge in [0.25, 0.3) is 5.56 Å². The van der Waals surface area contributed by atoms with Gasteiger partial charge in [-0.3, -0.25) is 14.3 Å². The zero-order valence-corrected chi connectivity index (χ0v) is 12.3. The molecule has 0 spiro atoms. The van der Waals surface area contributed by atoms with Gasteiger partial charge in [0.05, 0.1) is 6.54 Å². The third kappa shape index (κ3) is 2.48. The van der Waals surface area contributed by atoms with E-state index in [1.807, 2.05) is 30.3 Å². The Morgan fingerprint density at radius 2 is 1.91 bits per heavy atom. The van der Waals surface area contributed by atoms with Crippen molar-refractivity contribution in [3.63, 3.8) is 0 Å². The summed E-state index contributed by atoms with van der Waals surface area (Å²) >= 11 is 0. The van der Waals surface area contributed by atoms with Crippen LogP contribution < -0.4 is 16.1 Å². The zero-order chi connectivity index (χ0) is 15.7. The molecule has 0 radical (unpaired) electrons. The van der Waals surface area contributed by atoms with Crippen LogP contribution in [-0.2, 0) is 6.54 Å². The molecule has 0 atom stereocenters. The van der Waals surface area contributed by atoms with E-state index >= 15 is 0 Å². The topological polar surface area (TPSA) is 83.9 Å². The average Bonchev–Trinajstić information content (AvgIpc) is 2.52. The van der Waals surface area contributed by atoms with Crippen molar-refractivity contribution in [3.8, 4) is 0 Å². The highest BCUT2D eigenvalue weighted by Crippen LogP contribution is 2.07. The van der Waals surface area contributed by atoms with Crippen molar-refractivity contribution in [3.05, 3.63) is 62.9 Å². The van der Waals surface area contributed by atoms with Crippen LogP contribution >= 0.6 is 0 Å². The summed E-state index contributed by atoms with van der Waals surface area (Å²) in [5.74, 6) is 0.434. The molecule has 0 aliphatic heterocycles.